The van der Waals surface area contributed by atoms with Crippen molar-refractivity contribution in [2.75, 3.05) is 5.32 Å². The van der Waals surface area contributed by atoms with Gasteiger partial charge in [0.1, 0.15) is 0 Å². The van der Waals surface area contributed by atoms with Crippen molar-refractivity contribution in [1.82, 2.24) is 4.98 Å². The Labute approximate surface area is 138 Å². The minimum Gasteiger partial charge on any atom is -0.302 e. The van der Waals surface area contributed by atoms with E-state index < -0.39 is 0 Å². The fourth-order valence-electron chi connectivity index (χ4n) is 3.85. The number of fused-ring (bicyclic) bond motifs is 2. The van der Waals surface area contributed by atoms with Gasteiger partial charge in [-0.15, -0.1) is 11.3 Å². The number of hydrogen-bond acceptors (Lipinski definition) is 3. The zero-order valence-electron chi connectivity index (χ0n) is 12.1. The van der Waals surface area contributed by atoms with Crippen LogP contribution in [0.3, 0.4) is 0 Å². The van der Waals surface area contributed by atoms with Crippen LogP contribution in [0.25, 0.3) is 11.3 Å². The van der Waals surface area contributed by atoms with Crippen molar-refractivity contribution in [2.45, 2.75) is 25.7 Å². The van der Waals surface area contributed by atoms with Gasteiger partial charge in [0.25, 0.3) is 0 Å². The lowest BCUT2D eigenvalue weighted by Crippen LogP contribution is -2.27. The molecular weight excluding hydrogens is 316 g/mol. The molecule has 2 aliphatic carbocycles. The Balaban J connectivity index is 1.45. The average molecular weight is 333 g/mol. The normalized spacial score (nSPS) is 26.3. The Morgan fingerprint density at radius 3 is 2.73 bits per heavy atom. The third-order valence-electron chi connectivity index (χ3n) is 4.95. The molecule has 0 unspecified atom stereocenters. The summed E-state index contributed by atoms with van der Waals surface area (Å²) in [4.78, 5) is 17.0. The van der Waals surface area contributed by atoms with Crippen molar-refractivity contribution in [3.05, 3.63) is 34.7 Å². The van der Waals surface area contributed by atoms with Gasteiger partial charge in [0.2, 0.25) is 5.91 Å². The summed E-state index contributed by atoms with van der Waals surface area (Å²) in [6.45, 7) is 0. The number of rotatable bonds is 3. The summed E-state index contributed by atoms with van der Waals surface area (Å²) in [5.41, 5.74) is 1.89. The summed E-state index contributed by atoms with van der Waals surface area (Å²) in [5.74, 6) is 1.73. The number of benzene rings is 1. The standard InChI is InChI=1S/C17H17ClN2OS/c18-13-5-3-11(4-6-13)15-9-22-17(19-15)20-16(21)14-8-10-1-2-12(14)7-10/h3-6,9-10,12,14H,1-2,7-8H2,(H,19,20,21)/t10-,12+,14-/m1/s1. The van der Waals surface area contributed by atoms with Gasteiger partial charge < -0.3 is 5.32 Å². The first-order valence-electron chi connectivity index (χ1n) is 7.71. The number of carbonyl (C=O) groups is 1. The second-order valence-corrected chi connectivity index (χ2v) is 7.61. The van der Waals surface area contributed by atoms with Gasteiger partial charge in [0.15, 0.2) is 5.13 Å². The molecule has 2 fully saturated rings. The molecule has 2 aromatic rings. The molecule has 1 heterocycles. The number of aromatic nitrogens is 1. The molecule has 2 saturated carbocycles. The number of nitrogens with one attached hydrogen (secondary N) is 1. The average Bonchev–Trinajstić information content (AvgIpc) is 3.24. The zero-order chi connectivity index (χ0) is 15.1. The highest BCUT2D eigenvalue weighted by Crippen LogP contribution is 2.48. The molecule has 0 spiro atoms. The van der Waals surface area contributed by atoms with Crippen LogP contribution in [0.1, 0.15) is 25.7 Å². The molecule has 3 nitrogen and oxygen atoms in total. The summed E-state index contributed by atoms with van der Waals surface area (Å²) < 4.78 is 0. The molecule has 0 saturated heterocycles. The largest absolute Gasteiger partial charge is 0.302 e. The highest BCUT2D eigenvalue weighted by Gasteiger charge is 2.43. The Morgan fingerprint density at radius 2 is 2.05 bits per heavy atom. The van der Waals surface area contributed by atoms with Gasteiger partial charge in [0, 0.05) is 21.9 Å². The number of anilines is 1. The van der Waals surface area contributed by atoms with Crippen LogP contribution in [0.2, 0.25) is 5.02 Å². The van der Waals surface area contributed by atoms with Gasteiger partial charge >= 0.3 is 0 Å². The fraction of sp³-hybridized carbons (Fsp3) is 0.412. The molecule has 4 rings (SSSR count). The predicted octanol–water partition coefficient (Wildman–Crippen LogP) is 4.84. The molecule has 5 heteroatoms. The molecule has 0 radical (unpaired) electrons. The molecule has 22 heavy (non-hydrogen) atoms. The molecule has 1 amide bonds. The van der Waals surface area contributed by atoms with E-state index in [1.54, 1.807) is 0 Å². The SMILES string of the molecule is O=C(Nc1nc(-c2ccc(Cl)cc2)cs1)[C@@H]1C[C@@H]2CC[C@H]1C2. The van der Waals surface area contributed by atoms with Crippen LogP contribution >= 0.6 is 22.9 Å². The Kier molecular flexibility index (Phi) is 3.66. The molecule has 1 aromatic heterocycles. The van der Waals surface area contributed by atoms with Gasteiger partial charge in [-0.05, 0) is 43.2 Å². The van der Waals surface area contributed by atoms with E-state index in [1.165, 1.54) is 30.6 Å². The van der Waals surface area contributed by atoms with E-state index in [2.05, 4.69) is 10.3 Å². The van der Waals surface area contributed by atoms with E-state index in [9.17, 15) is 4.79 Å². The van der Waals surface area contributed by atoms with Crippen molar-refractivity contribution >= 4 is 34.0 Å². The highest BCUT2D eigenvalue weighted by atomic mass is 35.5. The molecule has 2 aliphatic rings. The van der Waals surface area contributed by atoms with Gasteiger partial charge in [0.05, 0.1) is 5.69 Å². The third-order valence-corrected chi connectivity index (χ3v) is 5.96. The zero-order valence-corrected chi connectivity index (χ0v) is 13.7. The molecule has 2 bridgehead atoms. The van der Waals surface area contributed by atoms with Crippen LogP contribution in [0.15, 0.2) is 29.6 Å². The topological polar surface area (TPSA) is 42.0 Å². The summed E-state index contributed by atoms with van der Waals surface area (Å²) in [5, 5.41) is 6.39. The lowest BCUT2D eigenvalue weighted by atomic mass is 9.88. The number of carbonyl (C=O) groups excluding carboxylic acids is 1. The van der Waals surface area contributed by atoms with Crippen LogP contribution in [0, 0.1) is 17.8 Å². The minimum absolute atomic E-state index is 0.157. The summed E-state index contributed by atoms with van der Waals surface area (Å²) in [6, 6.07) is 7.59. The number of thiazole rings is 1. The second kappa shape index (κ2) is 5.67. The van der Waals surface area contributed by atoms with Crippen LogP contribution in [0.5, 0.6) is 0 Å². The quantitative estimate of drug-likeness (QED) is 0.874. The fourth-order valence-corrected chi connectivity index (χ4v) is 4.70. The molecule has 3 atom stereocenters. The molecule has 1 N–H and O–H groups in total. The molecular formula is C17H17ClN2OS. The number of amides is 1. The molecule has 0 aliphatic heterocycles. The lowest BCUT2D eigenvalue weighted by molar-refractivity contribution is -0.121. The maximum absolute atomic E-state index is 12.4. The van der Waals surface area contributed by atoms with Gasteiger partial charge in [-0.2, -0.15) is 0 Å². The number of hydrogen-bond donors (Lipinski definition) is 1. The van der Waals surface area contributed by atoms with E-state index in [0.717, 1.165) is 23.6 Å². The maximum Gasteiger partial charge on any atom is 0.229 e. The minimum atomic E-state index is 0.157. The van der Waals surface area contributed by atoms with E-state index in [-0.39, 0.29) is 11.8 Å². The smallest absolute Gasteiger partial charge is 0.229 e. The first-order chi connectivity index (χ1) is 10.7. The lowest BCUT2D eigenvalue weighted by Gasteiger charge is -2.19. The maximum atomic E-state index is 12.4. The first-order valence-corrected chi connectivity index (χ1v) is 8.97. The monoisotopic (exact) mass is 332 g/mol. The Bertz CT molecular complexity index is 697. The van der Waals surface area contributed by atoms with Crippen LogP contribution < -0.4 is 5.32 Å². The van der Waals surface area contributed by atoms with Gasteiger partial charge in [-0.3, -0.25) is 4.79 Å². The van der Waals surface area contributed by atoms with Crippen LogP contribution in [0.4, 0.5) is 5.13 Å². The van der Waals surface area contributed by atoms with Gasteiger partial charge in [-0.25, -0.2) is 4.98 Å². The van der Waals surface area contributed by atoms with Crippen molar-refractivity contribution in [1.29, 1.82) is 0 Å². The van der Waals surface area contributed by atoms with Gasteiger partial charge in [-0.1, -0.05) is 30.2 Å². The first kappa shape index (κ1) is 14.2. The highest BCUT2D eigenvalue weighted by molar-refractivity contribution is 7.14. The van der Waals surface area contributed by atoms with Crippen molar-refractivity contribution in [2.24, 2.45) is 17.8 Å². The second-order valence-electron chi connectivity index (χ2n) is 6.32. The Hall–Kier alpha value is -1.39. The van der Waals surface area contributed by atoms with Crippen molar-refractivity contribution in [3.63, 3.8) is 0 Å². The van der Waals surface area contributed by atoms with Crippen LogP contribution in [-0.4, -0.2) is 10.9 Å². The third kappa shape index (κ3) is 2.66. The van der Waals surface area contributed by atoms with E-state index in [4.69, 9.17) is 11.6 Å². The van der Waals surface area contributed by atoms with E-state index >= 15 is 0 Å². The predicted molar refractivity (Wildman–Crippen MR) is 90.1 cm³/mol. The number of halogens is 1. The van der Waals surface area contributed by atoms with Crippen molar-refractivity contribution in [3.8, 4) is 11.3 Å². The molecule has 1 aromatic carbocycles. The van der Waals surface area contributed by atoms with E-state index in [1.807, 2.05) is 29.6 Å². The number of nitrogens with zero attached hydrogens (tertiary/aromatic N) is 1. The Morgan fingerprint density at radius 1 is 1.23 bits per heavy atom. The summed E-state index contributed by atoms with van der Waals surface area (Å²) in [7, 11) is 0. The molecule has 114 valence electrons. The summed E-state index contributed by atoms with van der Waals surface area (Å²) in [6.07, 6.45) is 4.83. The van der Waals surface area contributed by atoms with E-state index in [0.29, 0.717) is 16.1 Å². The summed E-state index contributed by atoms with van der Waals surface area (Å²) >= 11 is 7.38. The van der Waals surface area contributed by atoms with Crippen LogP contribution in [-0.2, 0) is 4.79 Å². The van der Waals surface area contributed by atoms with Crippen molar-refractivity contribution < 1.29 is 4.79 Å².